The molecule has 15 heteroatoms. The average molecular weight is 508 g/mol. The fraction of sp³-hybridized carbons (Fsp3) is 0.188. The number of hydrogen-bond acceptors (Lipinski definition) is 4. The van der Waals surface area contributed by atoms with E-state index in [-0.39, 0.29) is 34.1 Å². The molecule has 0 saturated carbocycles. The normalized spacial score (nSPS) is 12.9. The molecule has 0 aliphatic carbocycles. The second-order valence-electron chi connectivity index (χ2n) is 5.96. The molecule has 3 aromatic rings. The summed E-state index contributed by atoms with van der Waals surface area (Å²) < 4.78 is 93.1. The van der Waals surface area contributed by atoms with E-state index in [1.807, 2.05) is 0 Å². The van der Waals surface area contributed by atoms with Gasteiger partial charge in [-0.3, -0.25) is 0 Å². The summed E-state index contributed by atoms with van der Waals surface area (Å²) in [6.07, 6.45) is -10.3. The van der Waals surface area contributed by atoms with E-state index in [1.54, 1.807) is 0 Å². The minimum atomic E-state index is -6.33. The van der Waals surface area contributed by atoms with Crippen LogP contribution in [0.5, 0.6) is 0 Å². The van der Waals surface area contributed by atoms with Crippen molar-refractivity contribution in [3.63, 3.8) is 0 Å². The second kappa shape index (κ2) is 7.64. The van der Waals surface area contributed by atoms with Crippen LogP contribution in [0.1, 0.15) is 16.1 Å². The minimum Gasteiger partial charge on any atom is -0.476 e. The first-order valence-electron chi connectivity index (χ1n) is 7.73. The molecule has 0 aliphatic heterocycles. The molecule has 3 rings (SSSR count). The minimum absolute atomic E-state index is 0.164. The quantitative estimate of drug-likeness (QED) is 0.421. The second-order valence-corrected chi connectivity index (χ2v) is 7.63. The smallest absolute Gasteiger partial charge is 0.435 e. The number of carboxylic acid groups (broad SMARTS) is 1. The zero-order chi connectivity index (χ0) is 23.4. The van der Waals surface area contributed by atoms with Gasteiger partial charge in [-0.1, -0.05) is 23.2 Å². The average Bonchev–Trinajstić information content (AvgIpc) is 3.27. The summed E-state index contributed by atoms with van der Waals surface area (Å²) in [7, 11) is 0. The van der Waals surface area contributed by atoms with Crippen molar-refractivity contribution in [3.8, 4) is 16.3 Å². The van der Waals surface area contributed by atoms with Crippen molar-refractivity contribution in [1.29, 1.82) is 0 Å². The molecule has 0 spiro atoms. The summed E-state index contributed by atoms with van der Waals surface area (Å²) in [6, 6.07) is 0.327. The molecule has 5 nitrogen and oxygen atoms in total. The van der Waals surface area contributed by atoms with Crippen LogP contribution in [0.3, 0.4) is 0 Å². The van der Waals surface area contributed by atoms with E-state index in [0.717, 1.165) is 16.0 Å². The standard InChI is InChI=1S/C16H6Cl2F7N3O2S/c17-8-1-7(14(19,15(20,21)22)16(23,24)25)2-9(18)11(8)28-4-6(3-26-28)12-27-10(5-31-12)13(29)30/h1-5H,(H,29,30). The lowest BCUT2D eigenvalue weighted by atomic mass is 9.94. The highest BCUT2D eigenvalue weighted by Gasteiger charge is 2.73. The Bertz CT molecular complexity index is 1120. The molecule has 166 valence electrons. The molecule has 0 unspecified atom stereocenters. The monoisotopic (exact) mass is 507 g/mol. The Morgan fingerprint density at radius 3 is 2.03 bits per heavy atom. The molecule has 2 aromatic heterocycles. The molecule has 0 fully saturated rings. The van der Waals surface area contributed by atoms with E-state index < -0.39 is 39.6 Å². The third-order valence-corrected chi connectivity index (χ3v) is 5.45. The van der Waals surface area contributed by atoms with Crippen molar-refractivity contribution in [2.75, 3.05) is 0 Å². The van der Waals surface area contributed by atoms with Crippen LogP contribution >= 0.6 is 34.5 Å². The highest BCUT2D eigenvalue weighted by molar-refractivity contribution is 7.13. The number of alkyl halides is 7. The number of carboxylic acids is 1. The van der Waals surface area contributed by atoms with Gasteiger partial charge in [-0.05, 0) is 12.1 Å². The maximum absolute atomic E-state index is 14.3. The maximum Gasteiger partial charge on any atom is 0.435 e. The number of nitrogens with zero attached hydrogens (tertiary/aromatic N) is 3. The van der Waals surface area contributed by atoms with Crippen LogP contribution in [0.2, 0.25) is 10.0 Å². The van der Waals surface area contributed by atoms with Crippen molar-refractivity contribution in [1.82, 2.24) is 14.8 Å². The summed E-state index contributed by atoms with van der Waals surface area (Å²) in [6.45, 7) is 0. The van der Waals surface area contributed by atoms with Crippen LogP contribution < -0.4 is 0 Å². The molecule has 31 heavy (non-hydrogen) atoms. The summed E-state index contributed by atoms with van der Waals surface area (Å²) >= 11 is 12.6. The Kier molecular flexibility index (Phi) is 5.74. The SMILES string of the molecule is O=C(O)c1csc(-c2cnn(-c3c(Cl)cc(C(F)(C(F)(F)F)C(F)(F)F)cc3Cl)c2)n1. The molecule has 0 radical (unpaired) electrons. The van der Waals surface area contributed by atoms with Crippen LogP contribution in [0.4, 0.5) is 30.7 Å². The molecule has 0 bridgehead atoms. The predicted molar refractivity (Wildman–Crippen MR) is 96.5 cm³/mol. The summed E-state index contributed by atoms with van der Waals surface area (Å²) in [5, 5.41) is 12.7. The van der Waals surface area contributed by atoms with Gasteiger partial charge in [0, 0.05) is 22.7 Å². The first kappa shape index (κ1) is 23.3. The molecule has 0 saturated heterocycles. The lowest BCUT2D eigenvalue weighted by molar-refractivity contribution is -0.348. The fourth-order valence-electron chi connectivity index (χ4n) is 2.53. The van der Waals surface area contributed by atoms with Gasteiger partial charge in [-0.15, -0.1) is 11.3 Å². The third-order valence-electron chi connectivity index (χ3n) is 3.98. The van der Waals surface area contributed by atoms with Gasteiger partial charge in [0.25, 0.3) is 0 Å². The van der Waals surface area contributed by atoms with Crippen LogP contribution in [-0.2, 0) is 5.67 Å². The van der Waals surface area contributed by atoms with Crippen molar-refractivity contribution < 1.29 is 40.6 Å². The Morgan fingerprint density at radius 2 is 1.58 bits per heavy atom. The number of halogens is 9. The van der Waals surface area contributed by atoms with Gasteiger partial charge >= 0.3 is 24.0 Å². The molecule has 1 aromatic carbocycles. The van der Waals surface area contributed by atoms with Crippen molar-refractivity contribution >= 4 is 40.5 Å². The van der Waals surface area contributed by atoms with Gasteiger partial charge in [-0.2, -0.15) is 31.4 Å². The summed E-state index contributed by atoms with van der Waals surface area (Å²) in [4.78, 5) is 14.7. The Hall–Kier alpha value is -2.38. The van der Waals surface area contributed by atoms with Gasteiger partial charge in [0.2, 0.25) is 0 Å². The first-order valence-corrected chi connectivity index (χ1v) is 9.36. The Labute approximate surface area is 181 Å². The number of aromatic nitrogens is 3. The lowest BCUT2D eigenvalue weighted by Gasteiger charge is -2.30. The zero-order valence-electron chi connectivity index (χ0n) is 14.4. The van der Waals surface area contributed by atoms with Crippen molar-refractivity contribution in [2.24, 2.45) is 0 Å². The maximum atomic E-state index is 14.3. The zero-order valence-corrected chi connectivity index (χ0v) is 16.7. The molecule has 0 amide bonds. The van der Waals surface area contributed by atoms with Crippen LogP contribution in [0.15, 0.2) is 29.9 Å². The Morgan fingerprint density at radius 1 is 1.03 bits per heavy atom. The lowest BCUT2D eigenvalue weighted by Crippen LogP contribution is -2.50. The van der Waals surface area contributed by atoms with E-state index in [0.29, 0.717) is 0 Å². The molecule has 0 aliphatic rings. The number of hydrogen-bond donors (Lipinski definition) is 1. The van der Waals surface area contributed by atoms with Crippen LogP contribution in [0, 0.1) is 0 Å². The predicted octanol–water partition coefficient (Wildman–Crippen LogP) is 6.29. The van der Waals surface area contributed by atoms with E-state index in [2.05, 4.69) is 10.1 Å². The van der Waals surface area contributed by atoms with E-state index in [4.69, 9.17) is 28.3 Å². The van der Waals surface area contributed by atoms with Gasteiger partial charge in [0.1, 0.15) is 10.7 Å². The topological polar surface area (TPSA) is 68.0 Å². The number of benzene rings is 1. The Balaban J connectivity index is 2.07. The van der Waals surface area contributed by atoms with Crippen LogP contribution in [-0.4, -0.2) is 38.2 Å². The van der Waals surface area contributed by atoms with Gasteiger partial charge in [0.15, 0.2) is 5.69 Å². The van der Waals surface area contributed by atoms with E-state index >= 15 is 0 Å². The van der Waals surface area contributed by atoms with Gasteiger partial charge in [0.05, 0.1) is 16.2 Å². The highest BCUT2D eigenvalue weighted by Crippen LogP contribution is 2.54. The molecular formula is C16H6Cl2F7N3O2S. The summed E-state index contributed by atoms with van der Waals surface area (Å²) in [5.74, 6) is -1.28. The number of rotatable bonds is 4. The van der Waals surface area contributed by atoms with E-state index in [1.165, 1.54) is 17.8 Å². The first-order chi connectivity index (χ1) is 14.2. The van der Waals surface area contributed by atoms with Crippen molar-refractivity contribution in [3.05, 3.63) is 51.2 Å². The van der Waals surface area contributed by atoms with Gasteiger partial charge < -0.3 is 5.11 Å². The molecule has 0 atom stereocenters. The fourth-order valence-corrected chi connectivity index (χ4v) is 3.96. The molecular weight excluding hydrogens is 502 g/mol. The highest BCUT2D eigenvalue weighted by atomic mass is 35.5. The van der Waals surface area contributed by atoms with Crippen molar-refractivity contribution in [2.45, 2.75) is 18.0 Å². The largest absolute Gasteiger partial charge is 0.476 e. The molecule has 2 heterocycles. The summed E-state index contributed by atoms with van der Waals surface area (Å²) in [5.41, 5.74) is -7.84. The van der Waals surface area contributed by atoms with Gasteiger partial charge in [-0.25, -0.2) is 18.9 Å². The molecule has 1 N–H and O–H groups in total. The third kappa shape index (κ3) is 3.96. The number of aromatic carboxylic acids is 1. The van der Waals surface area contributed by atoms with Crippen LogP contribution in [0.25, 0.3) is 16.3 Å². The number of thiazole rings is 1. The van der Waals surface area contributed by atoms with E-state index in [9.17, 15) is 35.5 Å². The number of carbonyl (C=O) groups is 1.